The van der Waals surface area contributed by atoms with E-state index in [0.717, 1.165) is 5.56 Å². The Hall–Kier alpha value is -2.42. The van der Waals surface area contributed by atoms with Gasteiger partial charge in [0, 0.05) is 34.8 Å². The minimum absolute atomic E-state index is 0.220. The Balaban J connectivity index is 1.94. The lowest BCUT2D eigenvalue weighted by molar-refractivity contribution is 0.305. The van der Waals surface area contributed by atoms with Crippen molar-refractivity contribution in [3.05, 3.63) is 59.8 Å². The fraction of sp³-hybridized carbons (Fsp3) is 0.263. The molecule has 0 amide bonds. The fourth-order valence-corrected chi connectivity index (χ4v) is 2.72. The third-order valence-electron chi connectivity index (χ3n) is 3.84. The third kappa shape index (κ3) is 2.80. The Kier molecular flexibility index (Phi) is 3.80. The van der Waals surface area contributed by atoms with Gasteiger partial charge in [0.05, 0.1) is 0 Å². The second-order valence-corrected chi connectivity index (χ2v) is 5.96. The largest absolute Gasteiger partial charge is 0.508 e. The van der Waals surface area contributed by atoms with E-state index < -0.39 is 0 Å². The van der Waals surface area contributed by atoms with Gasteiger partial charge in [-0.05, 0) is 45.0 Å². The van der Waals surface area contributed by atoms with Crippen molar-refractivity contribution in [3.63, 3.8) is 0 Å². The first-order chi connectivity index (χ1) is 10.5. The molecule has 0 saturated heterocycles. The molecule has 0 unspecified atom stereocenters. The molecule has 1 N–H and O–H groups in total. The molecule has 0 radical (unpaired) electrons. The average molecular weight is 295 g/mol. The summed E-state index contributed by atoms with van der Waals surface area (Å²) in [6.45, 7) is 6.95. The first-order valence-corrected chi connectivity index (χ1v) is 7.56. The standard InChI is InChI=1S/C19H21NO2/c1-13(2)20-11-15(18-9-14(3)7-8-19(18)20)12-22-17-6-4-5-16(21)10-17/h4-11,13,21H,12H2,1-3H3. The Morgan fingerprint density at radius 2 is 1.95 bits per heavy atom. The Morgan fingerprint density at radius 1 is 1.14 bits per heavy atom. The number of hydrogen-bond acceptors (Lipinski definition) is 2. The summed E-state index contributed by atoms with van der Waals surface area (Å²) in [5.74, 6) is 0.899. The third-order valence-corrected chi connectivity index (χ3v) is 3.84. The number of hydrogen-bond donors (Lipinski definition) is 1. The van der Waals surface area contributed by atoms with Crippen LogP contribution in [0.25, 0.3) is 10.9 Å². The van der Waals surface area contributed by atoms with E-state index in [4.69, 9.17) is 4.74 Å². The van der Waals surface area contributed by atoms with Crippen molar-refractivity contribution < 1.29 is 9.84 Å². The molecule has 2 aromatic carbocycles. The summed E-state index contributed by atoms with van der Waals surface area (Å²) in [5, 5.41) is 10.7. The first kappa shape index (κ1) is 14.5. The van der Waals surface area contributed by atoms with Gasteiger partial charge in [-0.25, -0.2) is 0 Å². The van der Waals surface area contributed by atoms with E-state index in [0.29, 0.717) is 18.4 Å². The van der Waals surface area contributed by atoms with Gasteiger partial charge < -0.3 is 14.4 Å². The number of nitrogens with zero attached hydrogens (tertiary/aromatic N) is 1. The van der Waals surface area contributed by atoms with Gasteiger partial charge in [-0.3, -0.25) is 0 Å². The van der Waals surface area contributed by atoms with Crippen molar-refractivity contribution in [3.8, 4) is 11.5 Å². The summed E-state index contributed by atoms with van der Waals surface area (Å²) < 4.78 is 8.11. The maximum Gasteiger partial charge on any atom is 0.123 e. The molecule has 0 fully saturated rings. The molecule has 0 aliphatic rings. The predicted octanol–water partition coefficient (Wildman–Crippen LogP) is 4.82. The topological polar surface area (TPSA) is 34.4 Å². The van der Waals surface area contributed by atoms with Gasteiger partial charge in [0.25, 0.3) is 0 Å². The highest BCUT2D eigenvalue weighted by Gasteiger charge is 2.11. The van der Waals surface area contributed by atoms with E-state index in [1.807, 2.05) is 6.07 Å². The van der Waals surface area contributed by atoms with E-state index in [1.165, 1.54) is 16.5 Å². The van der Waals surface area contributed by atoms with E-state index in [9.17, 15) is 5.11 Å². The van der Waals surface area contributed by atoms with Crippen molar-refractivity contribution in [2.45, 2.75) is 33.4 Å². The molecule has 0 atom stereocenters. The quantitative estimate of drug-likeness (QED) is 0.749. The lowest BCUT2D eigenvalue weighted by Gasteiger charge is -2.08. The van der Waals surface area contributed by atoms with E-state index in [1.54, 1.807) is 18.2 Å². The molecule has 1 heterocycles. The normalized spacial score (nSPS) is 11.3. The molecule has 3 nitrogen and oxygen atoms in total. The highest BCUT2D eigenvalue weighted by molar-refractivity contribution is 5.84. The summed E-state index contributed by atoms with van der Waals surface area (Å²) in [7, 11) is 0. The summed E-state index contributed by atoms with van der Waals surface area (Å²) in [5.41, 5.74) is 3.64. The van der Waals surface area contributed by atoms with Crippen LogP contribution in [0.5, 0.6) is 11.5 Å². The number of fused-ring (bicyclic) bond motifs is 1. The van der Waals surface area contributed by atoms with Crippen LogP contribution in [-0.4, -0.2) is 9.67 Å². The maximum absolute atomic E-state index is 9.51. The van der Waals surface area contributed by atoms with Gasteiger partial charge in [-0.2, -0.15) is 0 Å². The van der Waals surface area contributed by atoms with Crippen LogP contribution >= 0.6 is 0 Å². The number of aryl methyl sites for hydroxylation is 1. The van der Waals surface area contributed by atoms with Crippen LogP contribution in [0.1, 0.15) is 31.0 Å². The number of phenolic OH excluding ortho intramolecular Hbond substituents is 1. The Labute approximate surface area is 130 Å². The minimum atomic E-state index is 0.220. The second-order valence-electron chi connectivity index (χ2n) is 5.96. The lowest BCUT2D eigenvalue weighted by atomic mass is 10.1. The zero-order valence-corrected chi connectivity index (χ0v) is 13.2. The molecule has 3 heteroatoms. The van der Waals surface area contributed by atoms with Crippen molar-refractivity contribution >= 4 is 10.9 Å². The number of rotatable bonds is 4. The van der Waals surface area contributed by atoms with Crippen LogP contribution in [-0.2, 0) is 6.61 Å². The Bertz CT molecular complexity index is 802. The number of ether oxygens (including phenoxy) is 1. The van der Waals surface area contributed by atoms with Crippen molar-refractivity contribution in [1.82, 2.24) is 4.57 Å². The first-order valence-electron chi connectivity index (χ1n) is 7.56. The fourth-order valence-electron chi connectivity index (χ4n) is 2.72. The van der Waals surface area contributed by atoms with Crippen molar-refractivity contribution in [2.75, 3.05) is 0 Å². The van der Waals surface area contributed by atoms with Crippen LogP contribution in [0, 0.1) is 6.92 Å². The van der Waals surface area contributed by atoms with E-state index >= 15 is 0 Å². The van der Waals surface area contributed by atoms with Gasteiger partial charge in [0.15, 0.2) is 0 Å². The predicted molar refractivity (Wildman–Crippen MR) is 89.5 cm³/mol. The molecule has 22 heavy (non-hydrogen) atoms. The SMILES string of the molecule is Cc1ccc2c(c1)c(COc1cccc(O)c1)cn2C(C)C. The summed E-state index contributed by atoms with van der Waals surface area (Å²) in [6.07, 6.45) is 2.16. The van der Waals surface area contributed by atoms with Crippen LogP contribution in [0.15, 0.2) is 48.7 Å². The zero-order chi connectivity index (χ0) is 15.7. The molecule has 0 aliphatic carbocycles. The van der Waals surface area contributed by atoms with Gasteiger partial charge >= 0.3 is 0 Å². The molecule has 3 aromatic rings. The molecule has 3 rings (SSSR count). The highest BCUT2D eigenvalue weighted by Crippen LogP contribution is 2.27. The zero-order valence-electron chi connectivity index (χ0n) is 13.2. The Morgan fingerprint density at radius 3 is 2.68 bits per heavy atom. The van der Waals surface area contributed by atoms with Crippen molar-refractivity contribution in [1.29, 1.82) is 0 Å². The van der Waals surface area contributed by atoms with Gasteiger partial charge in [0.2, 0.25) is 0 Å². The number of phenols is 1. The van der Waals surface area contributed by atoms with Crippen molar-refractivity contribution in [2.24, 2.45) is 0 Å². The monoisotopic (exact) mass is 295 g/mol. The summed E-state index contributed by atoms with van der Waals surface area (Å²) in [6, 6.07) is 13.8. The molecular formula is C19H21NO2. The smallest absolute Gasteiger partial charge is 0.123 e. The van der Waals surface area contributed by atoms with Crippen LogP contribution in [0.4, 0.5) is 0 Å². The maximum atomic E-state index is 9.51. The molecule has 0 aliphatic heterocycles. The van der Waals surface area contributed by atoms with Gasteiger partial charge in [0.1, 0.15) is 18.1 Å². The van der Waals surface area contributed by atoms with Crippen LogP contribution < -0.4 is 4.74 Å². The van der Waals surface area contributed by atoms with Gasteiger partial charge in [-0.15, -0.1) is 0 Å². The van der Waals surface area contributed by atoms with E-state index in [2.05, 4.69) is 49.7 Å². The van der Waals surface area contributed by atoms with Crippen LogP contribution in [0.2, 0.25) is 0 Å². The summed E-state index contributed by atoms with van der Waals surface area (Å²) >= 11 is 0. The molecule has 0 spiro atoms. The van der Waals surface area contributed by atoms with E-state index in [-0.39, 0.29) is 5.75 Å². The highest BCUT2D eigenvalue weighted by atomic mass is 16.5. The summed E-state index contributed by atoms with van der Waals surface area (Å²) in [4.78, 5) is 0. The molecule has 0 saturated carbocycles. The molecule has 114 valence electrons. The number of aromatic hydroxyl groups is 1. The second kappa shape index (κ2) is 5.76. The minimum Gasteiger partial charge on any atom is -0.508 e. The average Bonchev–Trinajstić information content (AvgIpc) is 2.83. The van der Waals surface area contributed by atoms with Gasteiger partial charge in [-0.1, -0.05) is 17.7 Å². The number of benzene rings is 2. The molecule has 0 bridgehead atoms. The lowest BCUT2D eigenvalue weighted by Crippen LogP contribution is -1.98. The molecule has 1 aromatic heterocycles. The molecular weight excluding hydrogens is 274 g/mol. The number of aromatic nitrogens is 1. The van der Waals surface area contributed by atoms with Crippen LogP contribution in [0.3, 0.4) is 0 Å².